The number of rotatable bonds is 2. The molecule has 340 valence electrons. The Morgan fingerprint density at radius 3 is 1.16 bits per heavy atom. The second kappa shape index (κ2) is 14.2. The molecule has 6 heterocycles. The molecule has 1 aromatic heterocycles. The standard InChI is InChI=1S/C62H60B2N4Se/c1-59(2,3)37-28-30-45-44(31-37)64-54-49(65(45)41-21-15-13-16-22-41)33-39(61(7,8)9)36-52(54)68-47-26-20-19-25-46(47)67-51-35-40(62(10,11)12)34-50-53(51)63(57-55(67)56(68)58(64)69-57)43-29-27-38(60(4,5)6)32-48(43)66(50)42-23-17-14-18-24-42/h13-36H,1-12H3. The Kier molecular flexibility index (Phi) is 8.86. The minimum atomic E-state index is -0.0955. The van der Waals surface area contributed by atoms with Crippen LogP contribution in [0, 0.1) is 0 Å². The predicted molar refractivity (Wildman–Crippen MR) is 300 cm³/mol. The van der Waals surface area contributed by atoms with Crippen molar-refractivity contribution in [2.45, 2.75) is 105 Å². The number of fused-ring (bicyclic) bond motifs is 11. The average Bonchev–Trinajstić information content (AvgIpc) is 3.70. The molecule has 0 N–H and O–H groups in total. The summed E-state index contributed by atoms with van der Waals surface area (Å²) in [5.74, 6) is 0. The number of benzene rings is 7. The number of nitrogens with zero attached hydrogens (tertiary/aromatic N) is 4. The van der Waals surface area contributed by atoms with Crippen LogP contribution in [0.3, 0.4) is 0 Å². The topological polar surface area (TPSA) is 13.0 Å². The summed E-state index contributed by atoms with van der Waals surface area (Å²) in [4.78, 5) is 10.7. The first-order valence-corrected chi connectivity index (χ1v) is 26.7. The molecule has 0 saturated heterocycles. The van der Waals surface area contributed by atoms with E-state index < -0.39 is 0 Å². The summed E-state index contributed by atoms with van der Waals surface area (Å²) in [6.45, 7) is 28.6. The molecule has 8 aromatic rings. The molecular weight excluding hydrogens is 901 g/mol. The van der Waals surface area contributed by atoms with Crippen LogP contribution in [-0.2, 0) is 21.7 Å². The number of para-hydroxylation sites is 4. The van der Waals surface area contributed by atoms with Gasteiger partial charge in [0.2, 0.25) is 0 Å². The molecule has 5 aliphatic heterocycles. The van der Waals surface area contributed by atoms with Crippen LogP contribution >= 0.6 is 0 Å². The van der Waals surface area contributed by atoms with Gasteiger partial charge >= 0.3 is 419 Å². The molecule has 13 rings (SSSR count). The van der Waals surface area contributed by atoms with Gasteiger partial charge in [0, 0.05) is 0 Å². The number of hydrogen-bond donors (Lipinski definition) is 0. The van der Waals surface area contributed by atoms with Gasteiger partial charge in [0.05, 0.1) is 0 Å². The summed E-state index contributed by atoms with van der Waals surface area (Å²) < 4.78 is 3.15. The normalized spacial score (nSPS) is 15.1. The van der Waals surface area contributed by atoms with Crippen LogP contribution in [0.2, 0.25) is 0 Å². The van der Waals surface area contributed by atoms with Gasteiger partial charge in [0.1, 0.15) is 0 Å². The molecule has 7 aromatic carbocycles. The van der Waals surface area contributed by atoms with Crippen molar-refractivity contribution in [2.75, 3.05) is 19.6 Å². The van der Waals surface area contributed by atoms with Crippen LogP contribution in [0.15, 0.2) is 146 Å². The molecule has 7 heteroatoms. The van der Waals surface area contributed by atoms with Crippen molar-refractivity contribution in [3.8, 4) is 0 Å². The fraction of sp³-hybridized carbons (Fsp3) is 0.258. The first-order valence-electron chi connectivity index (χ1n) is 25.0. The zero-order chi connectivity index (χ0) is 47.8. The van der Waals surface area contributed by atoms with Crippen molar-refractivity contribution < 1.29 is 0 Å². The summed E-state index contributed by atoms with van der Waals surface area (Å²) >= 11 is -0.00727. The van der Waals surface area contributed by atoms with Gasteiger partial charge in [-0.25, -0.2) is 0 Å². The molecule has 5 aliphatic rings. The predicted octanol–water partition coefficient (Wildman–Crippen LogP) is 12.4. The summed E-state index contributed by atoms with van der Waals surface area (Å²) in [5, 5.41) is 0. The summed E-state index contributed by atoms with van der Waals surface area (Å²) in [6.07, 6.45) is 0. The molecule has 0 unspecified atom stereocenters. The Morgan fingerprint density at radius 2 is 0.696 bits per heavy atom. The Bertz CT molecular complexity index is 3470. The van der Waals surface area contributed by atoms with Crippen molar-refractivity contribution in [1.82, 2.24) is 0 Å². The van der Waals surface area contributed by atoms with E-state index in [0.717, 1.165) is 0 Å². The summed E-state index contributed by atoms with van der Waals surface area (Å²) in [5.41, 5.74) is 26.4. The average molecular weight is 962 g/mol. The molecule has 0 aliphatic carbocycles. The third-order valence-electron chi connectivity index (χ3n) is 15.7. The van der Waals surface area contributed by atoms with Gasteiger partial charge < -0.3 is 0 Å². The van der Waals surface area contributed by atoms with Gasteiger partial charge in [-0.1, -0.05) is 0 Å². The van der Waals surface area contributed by atoms with E-state index >= 15 is 0 Å². The first kappa shape index (κ1) is 42.9. The van der Waals surface area contributed by atoms with Crippen LogP contribution in [0.4, 0.5) is 68.2 Å². The van der Waals surface area contributed by atoms with E-state index in [1.165, 1.54) is 112 Å². The molecule has 0 saturated carbocycles. The Balaban J connectivity index is 1.19. The summed E-state index contributed by atoms with van der Waals surface area (Å²) in [6, 6.07) is 56.7. The SMILES string of the molecule is CC(C)(C)c1ccc2c(c1)B1c3[se]c4c5c3N(c3ccccc3N5c3cc(C(C)(C)C)cc5c3B4c3ccc(C(C)(C)C)cc3N5c3ccccc3)c3cc(C(C)(C)C)cc(c31)N2c1ccccc1. The number of hydrogen-bond acceptors (Lipinski definition) is 4. The van der Waals surface area contributed by atoms with Crippen molar-refractivity contribution in [3.63, 3.8) is 0 Å². The van der Waals surface area contributed by atoms with Gasteiger partial charge in [-0.05, 0) is 0 Å². The quantitative estimate of drug-likeness (QED) is 0.160. The van der Waals surface area contributed by atoms with E-state index in [0.29, 0.717) is 0 Å². The molecule has 0 atom stereocenters. The van der Waals surface area contributed by atoms with E-state index in [1.54, 1.807) is 8.67 Å². The monoisotopic (exact) mass is 962 g/mol. The van der Waals surface area contributed by atoms with Crippen LogP contribution in [0.1, 0.15) is 105 Å². The van der Waals surface area contributed by atoms with Gasteiger partial charge in [0.25, 0.3) is 0 Å². The van der Waals surface area contributed by atoms with Gasteiger partial charge in [0.15, 0.2) is 0 Å². The molecule has 0 radical (unpaired) electrons. The molecule has 69 heavy (non-hydrogen) atoms. The van der Waals surface area contributed by atoms with Crippen LogP contribution in [0.5, 0.6) is 0 Å². The van der Waals surface area contributed by atoms with E-state index in [2.05, 4.69) is 248 Å². The van der Waals surface area contributed by atoms with Gasteiger partial charge in [-0.3, -0.25) is 0 Å². The molecule has 0 amide bonds. The van der Waals surface area contributed by atoms with Crippen LogP contribution in [-0.4, -0.2) is 27.9 Å². The zero-order valence-corrected chi connectivity index (χ0v) is 43.9. The summed E-state index contributed by atoms with van der Waals surface area (Å²) in [7, 11) is 0. The van der Waals surface area contributed by atoms with Gasteiger partial charge in [-0.2, -0.15) is 0 Å². The zero-order valence-electron chi connectivity index (χ0n) is 42.2. The molecule has 0 bridgehead atoms. The molecule has 0 spiro atoms. The van der Waals surface area contributed by atoms with Crippen molar-refractivity contribution in [2.24, 2.45) is 0 Å². The maximum atomic E-state index is 2.74. The van der Waals surface area contributed by atoms with E-state index in [-0.39, 0.29) is 49.6 Å². The van der Waals surface area contributed by atoms with Gasteiger partial charge in [-0.15, -0.1) is 0 Å². The molecule has 4 nitrogen and oxygen atoms in total. The third-order valence-corrected chi connectivity index (χ3v) is 18.4. The second-order valence-corrected chi connectivity index (χ2v) is 26.6. The Labute approximate surface area is 416 Å². The number of anilines is 12. The van der Waals surface area contributed by atoms with E-state index in [4.69, 9.17) is 0 Å². The molecule has 0 fully saturated rings. The van der Waals surface area contributed by atoms with Crippen molar-refractivity contribution >= 4 is 127 Å². The minimum absolute atomic E-state index is 0.00727. The van der Waals surface area contributed by atoms with Crippen molar-refractivity contribution in [3.05, 3.63) is 168 Å². The first-order chi connectivity index (χ1) is 32.8. The fourth-order valence-corrected chi connectivity index (χ4v) is 15.2. The van der Waals surface area contributed by atoms with E-state index in [9.17, 15) is 0 Å². The Morgan fingerprint density at radius 1 is 0.319 bits per heavy atom. The second-order valence-electron chi connectivity index (χ2n) is 24.3. The van der Waals surface area contributed by atoms with Crippen molar-refractivity contribution in [1.29, 1.82) is 0 Å². The van der Waals surface area contributed by atoms with Crippen LogP contribution < -0.4 is 50.1 Å². The third kappa shape index (κ3) is 6.09. The maximum absolute atomic E-state index is 2.74. The molecular formula is C62H60B2N4Se. The Hall–Kier alpha value is -6.13. The fourth-order valence-electron chi connectivity index (χ4n) is 12.0. The van der Waals surface area contributed by atoms with E-state index in [1.807, 2.05) is 0 Å². The van der Waals surface area contributed by atoms with Crippen LogP contribution in [0.25, 0.3) is 0 Å².